The number of carbonyl (C=O) groups is 2. The summed E-state index contributed by atoms with van der Waals surface area (Å²) in [5.74, 6) is -2.24. The second-order valence-corrected chi connectivity index (χ2v) is 2.58. The maximum absolute atomic E-state index is 10.4. The Hall–Kier alpha value is -0.810. The van der Waals surface area contributed by atoms with Crippen molar-refractivity contribution in [2.24, 2.45) is 5.73 Å². The van der Waals surface area contributed by atoms with Crippen molar-refractivity contribution in [3.63, 3.8) is 0 Å². The standard InChI is InChI=1S/C8H15NO4.ClH/c9-6(8(12)13)4-2-1-3-5-7(10)11;/h6H,1-5,9H2,(H,10,11)(H,12,13);1H/t6-;/m0./s1/i1T,2T;/t1?,2?,6-;. The van der Waals surface area contributed by atoms with Crippen LogP contribution in [0.1, 0.15) is 34.8 Å². The number of carboxylic acids is 2. The van der Waals surface area contributed by atoms with E-state index in [1.165, 1.54) is 0 Å². The van der Waals surface area contributed by atoms with Crippen LogP contribution < -0.4 is 5.73 Å². The van der Waals surface area contributed by atoms with Gasteiger partial charge in [0.15, 0.2) is 0 Å². The van der Waals surface area contributed by atoms with Crippen molar-refractivity contribution >= 4 is 24.3 Å². The summed E-state index contributed by atoms with van der Waals surface area (Å²) in [5, 5.41) is 16.8. The maximum atomic E-state index is 10.4. The Bertz CT molecular complexity index is 242. The molecule has 84 valence electrons. The van der Waals surface area contributed by atoms with E-state index >= 15 is 0 Å². The van der Waals surface area contributed by atoms with E-state index in [1.54, 1.807) is 0 Å². The molecular weight excluding hydrogens is 210 g/mol. The highest BCUT2D eigenvalue weighted by atomic mass is 35.5. The van der Waals surface area contributed by atoms with Gasteiger partial charge in [0.2, 0.25) is 0 Å². The number of nitrogens with two attached hydrogens (primary N) is 1. The van der Waals surface area contributed by atoms with Gasteiger partial charge in [0.1, 0.15) is 6.04 Å². The molecule has 0 fully saturated rings. The Kier molecular flexibility index (Phi) is 7.06. The van der Waals surface area contributed by atoms with E-state index in [0.29, 0.717) is 0 Å². The van der Waals surface area contributed by atoms with Crippen molar-refractivity contribution in [2.45, 2.75) is 38.1 Å². The first-order chi connectivity index (χ1) is 6.84. The molecule has 0 aromatic carbocycles. The summed E-state index contributed by atoms with van der Waals surface area (Å²) >= 11 is 0. The fourth-order valence-electron chi connectivity index (χ4n) is 0.668. The van der Waals surface area contributed by atoms with Gasteiger partial charge in [-0.25, -0.2) is 0 Å². The average molecular weight is 230 g/mol. The maximum Gasteiger partial charge on any atom is 0.320 e. The Morgan fingerprint density at radius 2 is 1.93 bits per heavy atom. The van der Waals surface area contributed by atoms with Crippen molar-refractivity contribution in [1.82, 2.24) is 0 Å². The predicted molar refractivity (Wildman–Crippen MR) is 53.6 cm³/mol. The lowest BCUT2D eigenvalue weighted by atomic mass is 10.1. The lowest BCUT2D eigenvalue weighted by Crippen LogP contribution is -2.29. The van der Waals surface area contributed by atoms with Gasteiger partial charge in [-0.15, -0.1) is 12.4 Å². The number of hydrogen-bond donors (Lipinski definition) is 3. The molecule has 0 radical (unpaired) electrons. The summed E-state index contributed by atoms with van der Waals surface area (Å²) in [6.45, 7) is 0. The molecule has 14 heavy (non-hydrogen) atoms. The molecule has 2 unspecified atom stereocenters. The fourth-order valence-corrected chi connectivity index (χ4v) is 0.668. The van der Waals surface area contributed by atoms with Gasteiger partial charge in [-0.3, -0.25) is 9.59 Å². The van der Waals surface area contributed by atoms with Crippen LogP contribution in [0.2, 0.25) is 0 Å². The molecule has 0 amide bonds. The van der Waals surface area contributed by atoms with E-state index in [2.05, 4.69) is 0 Å². The third-order valence-corrected chi connectivity index (χ3v) is 1.40. The van der Waals surface area contributed by atoms with Gasteiger partial charge in [0.05, 0.1) is 0 Å². The molecule has 0 heterocycles. The molecule has 0 spiro atoms. The van der Waals surface area contributed by atoms with Crippen LogP contribution >= 0.6 is 12.4 Å². The van der Waals surface area contributed by atoms with Crippen molar-refractivity contribution < 1.29 is 22.5 Å². The lowest BCUT2D eigenvalue weighted by Gasteiger charge is -2.04. The first-order valence-electron chi connectivity index (χ1n) is 5.04. The molecule has 6 heteroatoms. The van der Waals surface area contributed by atoms with Gasteiger partial charge in [-0.05, 0) is 12.8 Å². The van der Waals surface area contributed by atoms with Crippen molar-refractivity contribution in [1.29, 1.82) is 0 Å². The van der Waals surface area contributed by atoms with Crippen LogP contribution in [0, 0.1) is 0 Å². The first kappa shape index (κ1) is 11.3. The molecule has 5 nitrogen and oxygen atoms in total. The zero-order chi connectivity index (χ0) is 12.0. The van der Waals surface area contributed by atoms with Gasteiger partial charge in [0.25, 0.3) is 0 Å². The van der Waals surface area contributed by atoms with Crippen molar-refractivity contribution in [3.05, 3.63) is 0 Å². The minimum atomic E-state index is -1.21. The van der Waals surface area contributed by atoms with Gasteiger partial charge >= 0.3 is 11.9 Å². The van der Waals surface area contributed by atoms with Crippen molar-refractivity contribution in [3.8, 4) is 0 Å². The second-order valence-electron chi connectivity index (χ2n) is 2.58. The number of rotatable bonds is 7. The van der Waals surface area contributed by atoms with Crippen LogP contribution in [-0.2, 0) is 9.59 Å². The summed E-state index contributed by atoms with van der Waals surface area (Å²) in [4.78, 5) is 20.6. The van der Waals surface area contributed by atoms with Crippen LogP contribution in [0.3, 0.4) is 0 Å². The minimum Gasteiger partial charge on any atom is -0.481 e. The van der Waals surface area contributed by atoms with E-state index in [-0.39, 0.29) is 31.7 Å². The molecule has 0 aromatic rings. The Morgan fingerprint density at radius 1 is 1.36 bits per heavy atom. The Morgan fingerprint density at radius 3 is 2.36 bits per heavy atom. The quantitative estimate of drug-likeness (QED) is 0.601. The van der Waals surface area contributed by atoms with E-state index in [1.807, 2.05) is 0 Å². The molecule has 3 atom stereocenters. The molecule has 0 aliphatic heterocycles. The number of hydrogen-bond acceptors (Lipinski definition) is 3. The van der Waals surface area contributed by atoms with E-state index in [4.69, 9.17) is 18.7 Å². The largest absolute Gasteiger partial charge is 0.481 e. The van der Waals surface area contributed by atoms with Crippen LogP contribution in [0.15, 0.2) is 0 Å². The average Bonchev–Trinajstić information content (AvgIpc) is 2.13. The Labute approximate surface area is 91.5 Å². The highest BCUT2D eigenvalue weighted by Crippen LogP contribution is 2.04. The number of halogens is 1. The number of aliphatic carboxylic acids is 2. The van der Waals surface area contributed by atoms with Gasteiger partial charge in [-0.1, -0.05) is 12.8 Å². The normalized spacial score (nSPS) is 18.1. The van der Waals surface area contributed by atoms with E-state index < -0.39 is 30.8 Å². The van der Waals surface area contributed by atoms with Crippen molar-refractivity contribution in [2.75, 3.05) is 0 Å². The molecule has 0 rings (SSSR count). The molecule has 0 saturated heterocycles. The molecule has 4 N–H and O–H groups in total. The summed E-state index contributed by atoms with van der Waals surface area (Å²) in [6.07, 6.45) is -2.16. The summed E-state index contributed by atoms with van der Waals surface area (Å²) in [6, 6.07) is -1.16. The van der Waals surface area contributed by atoms with Crippen LogP contribution in [0.5, 0.6) is 0 Å². The zero-order valence-corrected chi connectivity index (χ0v) is 8.37. The molecule has 0 aliphatic rings. The molecule has 0 aromatic heterocycles. The van der Waals surface area contributed by atoms with E-state index in [0.717, 1.165) is 0 Å². The zero-order valence-electron chi connectivity index (χ0n) is 9.55. The fraction of sp³-hybridized carbons (Fsp3) is 0.750. The Balaban J connectivity index is 0. The van der Waals surface area contributed by atoms with Crippen LogP contribution in [0.4, 0.5) is 0 Å². The summed E-state index contributed by atoms with van der Waals surface area (Å²) in [5.41, 5.74) is 5.19. The summed E-state index contributed by atoms with van der Waals surface area (Å²) in [7, 11) is 0. The molecule has 0 saturated carbocycles. The third-order valence-electron chi connectivity index (χ3n) is 1.40. The topological polar surface area (TPSA) is 101 Å². The number of carboxylic acid groups (broad SMARTS) is 2. The highest BCUT2D eigenvalue weighted by molar-refractivity contribution is 5.85. The SMILES string of the molecule is Cl.[3H]C(CCC(=O)O)C([3H])C[C@H](N)C(=O)O. The van der Waals surface area contributed by atoms with Gasteiger partial charge in [-0.2, -0.15) is 0 Å². The monoisotopic (exact) mass is 229 g/mol. The molecular formula is C8H16ClNO4. The predicted octanol–water partition coefficient (Wildman–Crippen LogP) is 0.855. The molecule has 0 bridgehead atoms. The summed E-state index contributed by atoms with van der Waals surface area (Å²) < 4.78 is 14.8. The van der Waals surface area contributed by atoms with Crippen LogP contribution in [-0.4, -0.2) is 28.2 Å². The van der Waals surface area contributed by atoms with Gasteiger partial charge in [0, 0.05) is 9.16 Å². The van der Waals surface area contributed by atoms with Gasteiger partial charge < -0.3 is 15.9 Å². The van der Waals surface area contributed by atoms with Crippen LogP contribution in [0.25, 0.3) is 0 Å². The smallest absolute Gasteiger partial charge is 0.320 e. The third kappa shape index (κ3) is 9.28. The molecule has 0 aliphatic carbocycles. The lowest BCUT2D eigenvalue weighted by molar-refractivity contribution is -0.139. The first-order valence-corrected chi connectivity index (χ1v) is 3.89. The second kappa shape index (κ2) is 8.77. The highest BCUT2D eigenvalue weighted by Gasteiger charge is 2.09. The minimum absolute atomic E-state index is 0. The van der Waals surface area contributed by atoms with E-state index in [9.17, 15) is 9.59 Å².